The molecule has 2 unspecified atom stereocenters. The molecule has 3 fully saturated rings. The Labute approximate surface area is 206 Å². The quantitative estimate of drug-likeness (QED) is 0.452. The minimum Gasteiger partial charge on any atom is -0.378 e. The normalized spacial score (nSPS) is 23.4. The Morgan fingerprint density at radius 2 is 1.89 bits per heavy atom. The van der Waals surface area contributed by atoms with Crippen molar-refractivity contribution in [3.8, 4) is 11.4 Å². The number of nitrogens with one attached hydrogen (secondary N) is 2. The summed E-state index contributed by atoms with van der Waals surface area (Å²) in [6.45, 7) is 7.19. The van der Waals surface area contributed by atoms with Crippen LogP contribution in [0.15, 0.2) is 30.5 Å². The topological polar surface area (TPSA) is 78.5 Å². The molecule has 7 rings (SSSR count). The minimum absolute atomic E-state index is 0.311. The van der Waals surface area contributed by atoms with Crippen molar-refractivity contribution in [2.24, 2.45) is 0 Å². The zero-order valence-electron chi connectivity index (χ0n) is 19.3. The van der Waals surface area contributed by atoms with Crippen molar-refractivity contribution in [1.29, 1.82) is 0 Å². The van der Waals surface area contributed by atoms with E-state index in [0.29, 0.717) is 36.7 Å². The number of halogens is 1. The van der Waals surface area contributed by atoms with Crippen LogP contribution in [0.25, 0.3) is 32.5 Å². The summed E-state index contributed by atoms with van der Waals surface area (Å²) in [6, 6.07) is 8.07. The lowest BCUT2D eigenvalue weighted by molar-refractivity contribution is -0.00844. The lowest BCUT2D eigenvalue weighted by Crippen LogP contribution is -2.62. The SMILES string of the molecule is Fc1ccc2[nH]ccc2c1-c1nc(N2CCOCC2)c2sc(CN3CC4COCC(C3)N4)cc2n1. The fraction of sp³-hybridized carbons (Fsp3) is 0.440. The summed E-state index contributed by atoms with van der Waals surface area (Å²) in [6.07, 6.45) is 1.83. The molecule has 3 aliphatic heterocycles. The van der Waals surface area contributed by atoms with Gasteiger partial charge in [0.1, 0.15) is 5.82 Å². The summed E-state index contributed by atoms with van der Waals surface area (Å²) in [7, 11) is 0. The van der Waals surface area contributed by atoms with Crippen molar-refractivity contribution in [3.05, 3.63) is 41.2 Å². The molecule has 0 aliphatic carbocycles. The van der Waals surface area contributed by atoms with Gasteiger partial charge in [-0.1, -0.05) is 0 Å². The summed E-state index contributed by atoms with van der Waals surface area (Å²) in [5.41, 5.74) is 2.20. The number of morpholine rings is 2. The molecule has 2 atom stereocenters. The number of benzene rings is 1. The molecule has 1 aromatic carbocycles. The number of fused-ring (bicyclic) bond motifs is 4. The molecule has 3 saturated heterocycles. The number of anilines is 1. The van der Waals surface area contributed by atoms with Crippen molar-refractivity contribution >= 4 is 38.3 Å². The van der Waals surface area contributed by atoms with Gasteiger partial charge in [-0.25, -0.2) is 14.4 Å². The van der Waals surface area contributed by atoms with Gasteiger partial charge in [-0.15, -0.1) is 11.3 Å². The number of rotatable bonds is 4. The third-order valence-electron chi connectivity index (χ3n) is 7.07. The molecule has 35 heavy (non-hydrogen) atoms. The summed E-state index contributed by atoms with van der Waals surface area (Å²) in [5.74, 6) is 0.997. The second-order valence-corrected chi connectivity index (χ2v) is 10.7. The Balaban J connectivity index is 1.31. The molecule has 0 saturated carbocycles. The lowest BCUT2D eigenvalue weighted by atomic mass is 10.1. The minimum atomic E-state index is -0.311. The highest BCUT2D eigenvalue weighted by atomic mass is 32.1. The summed E-state index contributed by atoms with van der Waals surface area (Å²) < 4.78 is 27.5. The summed E-state index contributed by atoms with van der Waals surface area (Å²) in [5, 5.41) is 4.44. The van der Waals surface area contributed by atoms with Crippen LogP contribution >= 0.6 is 11.3 Å². The Kier molecular flexibility index (Phi) is 5.43. The Morgan fingerprint density at radius 3 is 2.71 bits per heavy atom. The van der Waals surface area contributed by atoms with Crippen LogP contribution in [0.2, 0.25) is 0 Å². The van der Waals surface area contributed by atoms with Gasteiger partial charge < -0.3 is 24.7 Å². The van der Waals surface area contributed by atoms with Crippen molar-refractivity contribution in [2.45, 2.75) is 18.6 Å². The number of nitrogens with zero attached hydrogens (tertiary/aromatic N) is 4. The second kappa shape index (κ2) is 8.79. The maximum absolute atomic E-state index is 15.1. The molecule has 3 aromatic heterocycles. The van der Waals surface area contributed by atoms with E-state index in [9.17, 15) is 0 Å². The number of H-pyrrole nitrogens is 1. The highest BCUT2D eigenvalue weighted by Crippen LogP contribution is 2.37. The molecule has 2 N–H and O–H groups in total. The number of thiophene rings is 1. The molecule has 4 aromatic rings. The van der Waals surface area contributed by atoms with Gasteiger partial charge in [0.05, 0.1) is 42.2 Å². The summed E-state index contributed by atoms with van der Waals surface area (Å²) >= 11 is 1.75. The van der Waals surface area contributed by atoms with Crippen LogP contribution in [-0.4, -0.2) is 84.5 Å². The predicted molar refractivity (Wildman–Crippen MR) is 135 cm³/mol. The predicted octanol–water partition coefficient (Wildman–Crippen LogP) is 2.99. The lowest BCUT2D eigenvalue weighted by Gasteiger charge is -2.42. The van der Waals surface area contributed by atoms with Gasteiger partial charge in [-0.05, 0) is 24.3 Å². The van der Waals surface area contributed by atoms with E-state index in [1.165, 1.54) is 10.9 Å². The maximum atomic E-state index is 15.1. The Morgan fingerprint density at radius 1 is 1.06 bits per heavy atom. The molecule has 8 nitrogen and oxygen atoms in total. The van der Waals surface area contributed by atoms with Gasteiger partial charge in [0.2, 0.25) is 0 Å². The van der Waals surface area contributed by atoms with Crippen LogP contribution in [0.4, 0.5) is 10.2 Å². The van der Waals surface area contributed by atoms with Gasteiger partial charge in [-0.3, -0.25) is 4.90 Å². The number of aromatic amines is 1. The molecule has 10 heteroatoms. The highest BCUT2D eigenvalue weighted by Gasteiger charge is 2.31. The maximum Gasteiger partial charge on any atom is 0.165 e. The molecular formula is C25H27FN6O2S. The van der Waals surface area contributed by atoms with Crippen LogP contribution in [-0.2, 0) is 16.0 Å². The molecule has 3 aliphatic rings. The van der Waals surface area contributed by atoms with Crippen molar-refractivity contribution in [1.82, 2.24) is 25.2 Å². The van der Waals surface area contributed by atoms with Gasteiger partial charge in [0, 0.05) is 66.8 Å². The van der Waals surface area contributed by atoms with Crippen LogP contribution in [0.1, 0.15) is 4.88 Å². The third kappa shape index (κ3) is 3.99. The third-order valence-corrected chi connectivity index (χ3v) is 8.17. The molecule has 0 radical (unpaired) electrons. The average Bonchev–Trinajstić information content (AvgIpc) is 3.50. The zero-order chi connectivity index (χ0) is 23.4. The molecule has 0 spiro atoms. The fourth-order valence-corrected chi connectivity index (χ4v) is 6.67. The first-order valence-electron chi connectivity index (χ1n) is 12.2. The van der Waals surface area contributed by atoms with Gasteiger partial charge in [-0.2, -0.15) is 0 Å². The van der Waals surface area contributed by atoms with Crippen LogP contribution in [0.3, 0.4) is 0 Å². The average molecular weight is 495 g/mol. The number of aromatic nitrogens is 3. The number of hydrogen-bond donors (Lipinski definition) is 2. The van der Waals surface area contributed by atoms with E-state index in [1.807, 2.05) is 12.3 Å². The zero-order valence-corrected chi connectivity index (χ0v) is 20.1. The van der Waals surface area contributed by atoms with E-state index in [1.54, 1.807) is 17.4 Å². The number of hydrogen-bond acceptors (Lipinski definition) is 8. The van der Waals surface area contributed by atoms with E-state index >= 15 is 4.39 Å². The summed E-state index contributed by atoms with van der Waals surface area (Å²) in [4.78, 5) is 19.0. The smallest absolute Gasteiger partial charge is 0.165 e. The van der Waals surface area contributed by atoms with Gasteiger partial charge in [0.25, 0.3) is 0 Å². The van der Waals surface area contributed by atoms with Crippen LogP contribution in [0, 0.1) is 5.82 Å². The van der Waals surface area contributed by atoms with Crippen LogP contribution in [0.5, 0.6) is 0 Å². The van der Waals surface area contributed by atoms with Crippen LogP contribution < -0.4 is 10.2 Å². The van der Waals surface area contributed by atoms with E-state index in [-0.39, 0.29) is 5.82 Å². The van der Waals surface area contributed by atoms with Crippen molar-refractivity contribution < 1.29 is 13.9 Å². The number of piperazine rings is 1. The molecule has 182 valence electrons. The van der Waals surface area contributed by atoms with Crippen molar-refractivity contribution in [2.75, 3.05) is 57.5 Å². The largest absolute Gasteiger partial charge is 0.378 e. The van der Waals surface area contributed by atoms with Gasteiger partial charge >= 0.3 is 0 Å². The standard InChI is InChI=1S/C25H27FN6O2S/c26-19-1-2-20-18(3-4-27-20)22(19)24-29-21-9-17(12-31-10-15-13-34-14-16(11-31)28-15)35-23(21)25(30-24)32-5-7-33-8-6-32/h1-4,9,15-16,27-28H,5-8,10-14H2. The first kappa shape index (κ1) is 21.6. The fourth-order valence-electron chi connectivity index (χ4n) is 5.52. The Hall–Kier alpha value is -2.63. The Bertz CT molecular complexity index is 1370. The van der Waals surface area contributed by atoms with Crippen molar-refractivity contribution in [3.63, 3.8) is 0 Å². The monoisotopic (exact) mass is 494 g/mol. The molecule has 0 amide bonds. The van der Waals surface area contributed by atoms with E-state index < -0.39 is 0 Å². The number of ether oxygens (including phenoxy) is 2. The van der Waals surface area contributed by atoms with E-state index in [2.05, 4.69) is 26.2 Å². The first-order valence-corrected chi connectivity index (χ1v) is 13.0. The molecule has 6 heterocycles. The van der Waals surface area contributed by atoms with E-state index in [0.717, 1.165) is 72.9 Å². The first-order chi connectivity index (χ1) is 17.2. The second-order valence-electron chi connectivity index (χ2n) is 9.55. The molecular weight excluding hydrogens is 467 g/mol. The molecule has 2 bridgehead atoms. The highest BCUT2D eigenvalue weighted by molar-refractivity contribution is 7.19. The van der Waals surface area contributed by atoms with E-state index in [4.69, 9.17) is 19.4 Å². The van der Waals surface area contributed by atoms with Gasteiger partial charge in [0.15, 0.2) is 11.6 Å².